The zero-order valence-corrected chi connectivity index (χ0v) is 26.5. The van der Waals surface area contributed by atoms with Gasteiger partial charge < -0.3 is 14.8 Å². The van der Waals surface area contributed by atoms with Gasteiger partial charge in [0, 0.05) is 28.3 Å². The molecule has 6 rings (SSSR count). The molecule has 0 saturated carbocycles. The molecule has 4 heterocycles. The zero-order chi connectivity index (χ0) is 32.0. The van der Waals surface area contributed by atoms with Crippen LogP contribution in [0.2, 0.25) is 5.02 Å². The molecule has 0 aliphatic heterocycles. The minimum atomic E-state index is -2.56. The third-order valence-corrected chi connectivity index (χ3v) is 8.59. The molecule has 232 valence electrons. The number of nitrogens with zero attached hydrogens (tertiary/aromatic N) is 5. The van der Waals surface area contributed by atoms with Gasteiger partial charge in [-0.15, -0.1) is 11.3 Å². The molecule has 0 aliphatic carbocycles. The summed E-state index contributed by atoms with van der Waals surface area (Å²) >= 11 is 7.83. The molecule has 0 fully saturated rings. The number of rotatable bonds is 10. The van der Waals surface area contributed by atoms with Crippen molar-refractivity contribution in [3.05, 3.63) is 118 Å². The molecule has 10 nitrogen and oxygen atoms in total. The van der Waals surface area contributed by atoms with Gasteiger partial charge in [0.1, 0.15) is 41.4 Å². The summed E-state index contributed by atoms with van der Waals surface area (Å²) in [5, 5.41) is 6.63. The lowest BCUT2D eigenvalue weighted by Crippen LogP contribution is -2.13. The number of anilines is 2. The molecule has 0 bridgehead atoms. The van der Waals surface area contributed by atoms with Crippen LogP contribution in [0, 0.1) is 5.82 Å². The Morgan fingerprint density at radius 1 is 1.02 bits per heavy atom. The lowest BCUT2D eigenvalue weighted by atomic mass is 10.2. The van der Waals surface area contributed by atoms with Crippen molar-refractivity contribution in [1.82, 2.24) is 24.9 Å². The normalized spacial score (nSPS) is 11.7. The highest BCUT2D eigenvalue weighted by atomic mass is 35.5. The highest BCUT2D eigenvalue weighted by Gasteiger charge is 2.18. The van der Waals surface area contributed by atoms with Gasteiger partial charge in [-0.3, -0.25) is 9.97 Å². The van der Waals surface area contributed by atoms with Crippen molar-refractivity contribution in [2.75, 3.05) is 5.32 Å². The smallest absolute Gasteiger partial charge is 0.241 e. The number of nitrogens with one attached hydrogen (secondary N) is 1. The minimum absolute atomic E-state index is 0.0391. The van der Waals surface area contributed by atoms with E-state index in [-0.39, 0.29) is 23.9 Å². The van der Waals surface area contributed by atoms with E-state index in [1.165, 1.54) is 29.8 Å². The van der Waals surface area contributed by atoms with E-state index in [1.54, 1.807) is 67.8 Å². The van der Waals surface area contributed by atoms with Gasteiger partial charge in [0.25, 0.3) is 0 Å². The quantitative estimate of drug-likeness (QED) is 0.152. The molecule has 0 radical (unpaired) electrons. The Hall–Kier alpha value is -4.82. The first-order valence-corrected chi connectivity index (χ1v) is 16.2. The number of hydrogen-bond acceptors (Lipinski definition) is 11. The molecule has 0 aliphatic rings. The summed E-state index contributed by atoms with van der Waals surface area (Å²) in [7, 11) is -2.56. The second-order valence-corrected chi connectivity index (χ2v) is 12.2. The van der Waals surface area contributed by atoms with Gasteiger partial charge in [-0.2, -0.15) is 8.42 Å². The van der Waals surface area contributed by atoms with Crippen molar-refractivity contribution in [1.29, 1.82) is 0 Å². The first kappa shape index (κ1) is 31.2. The summed E-state index contributed by atoms with van der Waals surface area (Å²) in [4.78, 5) is 22.1. The van der Waals surface area contributed by atoms with Crippen molar-refractivity contribution >= 4 is 60.7 Å². The Morgan fingerprint density at radius 2 is 1.91 bits per heavy atom. The maximum Gasteiger partial charge on any atom is 0.241 e. The van der Waals surface area contributed by atoms with Crippen molar-refractivity contribution < 1.29 is 22.3 Å². The fraction of sp³-hybridized carbons (Fsp3) is 0.125. The van der Waals surface area contributed by atoms with Crippen molar-refractivity contribution in [2.24, 2.45) is 0 Å². The van der Waals surface area contributed by atoms with Crippen LogP contribution in [0.4, 0.5) is 15.9 Å². The molecule has 4 aromatic heterocycles. The minimum Gasteiger partial charge on any atom is -0.487 e. The molecule has 0 saturated heterocycles. The number of thiazole rings is 1. The Labute approximate surface area is 273 Å². The van der Waals surface area contributed by atoms with Crippen LogP contribution < -0.4 is 10.1 Å². The lowest BCUT2D eigenvalue weighted by molar-refractivity contribution is 0.213. The van der Waals surface area contributed by atoms with Gasteiger partial charge in [0.2, 0.25) is 10.3 Å². The van der Waals surface area contributed by atoms with Crippen molar-refractivity contribution in [3.63, 3.8) is 0 Å². The van der Waals surface area contributed by atoms with Crippen LogP contribution in [-0.2, 0) is 28.1 Å². The molecular formula is C32H24ClFN6O4S2. The van der Waals surface area contributed by atoms with Crippen LogP contribution >= 0.6 is 22.9 Å². The van der Waals surface area contributed by atoms with Gasteiger partial charge in [-0.05, 0) is 61.0 Å². The molecule has 0 amide bonds. The summed E-state index contributed by atoms with van der Waals surface area (Å²) < 4.78 is 48.8. The topological polar surface area (TPSA) is 129 Å². The van der Waals surface area contributed by atoms with Gasteiger partial charge >= 0.3 is 0 Å². The summed E-state index contributed by atoms with van der Waals surface area (Å²) in [6.45, 7) is 1.91. The lowest BCUT2D eigenvalue weighted by Gasteiger charge is -2.12. The van der Waals surface area contributed by atoms with E-state index in [0.717, 1.165) is 0 Å². The number of benzene rings is 2. The van der Waals surface area contributed by atoms with Crippen molar-refractivity contribution in [3.8, 4) is 17.1 Å². The Bertz CT molecular complexity index is 2160. The fourth-order valence-electron chi connectivity index (χ4n) is 4.45. The molecule has 1 atom stereocenters. The average Bonchev–Trinajstić information content (AvgIpc) is 3.55. The van der Waals surface area contributed by atoms with Crippen LogP contribution in [0.25, 0.3) is 22.3 Å². The monoisotopic (exact) mass is 674 g/mol. The maximum atomic E-state index is 13.5. The highest BCUT2D eigenvalue weighted by Crippen LogP contribution is 2.33. The van der Waals surface area contributed by atoms with E-state index in [2.05, 4.69) is 30.2 Å². The molecule has 14 heteroatoms. The number of halogens is 2. The highest BCUT2D eigenvalue weighted by molar-refractivity contribution is 7.72. The second kappa shape index (κ2) is 14.1. The summed E-state index contributed by atoms with van der Waals surface area (Å²) in [5.41, 5.74) is 3.70. The Balaban J connectivity index is 1.18. The molecule has 46 heavy (non-hydrogen) atoms. The largest absolute Gasteiger partial charge is 0.487 e. The van der Waals surface area contributed by atoms with Crippen LogP contribution in [0.1, 0.15) is 29.3 Å². The fourth-order valence-corrected chi connectivity index (χ4v) is 5.97. The maximum absolute atomic E-state index is 13.5. The van der Waals surface area contributed by atoms with Crippen molar-refractivity contribution in [2.45, 2.75) is 26.1 Å². The van der Waals surface area contributed by atoms with Gasteiger partial charge in [0.05, 0.1) is 34.5 Å². The van der Waals surface area contributed by atoms with Gasteiger partial charge in [-0.1, -0.05) is 29.8 Å². The van der Waals surface area contributed by atoms with E-state index in [1.807, 2.05) is 11.4 Å². The molecule has 1 unspecified atom stereocenters. The molecule has 6 aromatic rings. The zero-order valence-electron chi connectivity index (χ0n) is 24.1. The van der Waals surface area contributed by atoms with Crippen LogP contribution in [0.5, 0.6) is 5.75 Å². The SMILES string of the molecule is CC(OC(Cc1ccccn1)=S(=O)=O)c1nc(-c2cc3c(Nc4ccc(OCc5cccc(F)c5)c(Cl)c4)ncnc3cn2)cs1. The average molecular weight is 675 g/mol. The first-order valence-electron chi connectivity index (χ1n) is 13.8. The van der Waals surface area contributed by atoms with Crippen LogP contribution in [0.3, 0.4) is 0 Å². The number of pyridine rings is 2. The van der Waals surface area contributed by atoms with Crippen LogP contribution in [0.15, 0.2) is 90.8 Å². The molecule has 1 N–H and O–H groups in total. The number of aromatic nitrogens is 5. The number of hydrogen-bond donors (Lipinski definition) is 1. The molecule has 2 aromatic carbocycles. The van der Waals surface area contributed by atoms with E-state index >= 15 is 0 Å². The molecular weight excluding hydrogens is 651 g/mol. The third kappa shape index (κ3) is 7.51. The summed E-state index contributed by atoms with van der Waals surface area (Å²) in [6.07, 6.45) is 4.08. The number of ether oxygens (including phenoxy) is 2. The van der Waals surface area contributed by atoms with Crippen LogP contribution in [-0.4, -0.2) is 38.4 Å². The van der Waals surface area contributed by atoms with E-state index in [0.29, 0.717) is 60.8 Å². The van der Waals surface area contributed by atoms with E-state index in [4.69, 9.17) is 21.1 Å². The Morgan fingerprint density at radius 3 is 2.70 bits per heavy atom. The van der Waals surface area contributed by atoms with E-state index in [9.17, 15) is 12.8 Å². The Kier molecular flexibility index (Phi) is 9.54. The molecule has 0 spiro atoms. The van der Waals surface area contributed by atoms with Gasteiger partial charge in [0.15, 0.2) is 5.05 Å². The standard InChI is InChI=1S/C32H24ClFN6O4S2/c1-19(44-30(46(41)42)13-22-7-2-3-10-35-22)32-40-28(17-45-32)26-14-24-27(15-36-26)37-18-38-31(24)39-23-8-9-29(25(33)12-23)43-16-20-5-4-6-21(34)11-20/h2-12,14-15,17-19H,13,16H2,1H3,(H,37,38,39). The third-order valence-electron chi connectivity index (χ3n) is 6.68. The second-order valence-electron chi connectivity index (χ2n) is 9.93. The van der Waals surface area contributed by atoms with E-state index < -0.39 is 16.4 Å². The predicted octanol–water partition coefficient (Wildman–Crippen LogP) is 6.99. The first-order chi connectivity index (χ1) is 22.3. The predicted molar refractivity (Wildman–Crippen MR) is 175 cm³/mol. The summed E-state index contributed by atoms with van der Waals surface area (Å²) in [6, 6.07) is 18.5. The van der Waals surface area contributed by atoms with Gasteiger partial charge in [-0.25, -0.2) is 19.3 Å². The summed E-state index contributed by atoms with van der Waals surface area (Å²) in [5.74, 6) is 0.647. The number of fused-ring (bicyclic) bond motifs is 1.